The van der Waals surface area contributed by atoms with Gasteiger partial charge in [-0.25, -0.2) is 0 Å². The zero-order valence-corrected chi connectivity index (χ0v) is 14.5. The first-order chi connectivity index (χ1) is 10.8. The molecule has 0 fully saturated rings. The van der Waals surface area contributed by atoms with Gasteiger partial charge in [-0.05, 0) is 25.0 Å². The van der Waals surface area contributed by atoms with Crippen molar-refractivity contribution >= 4 is 10.9 Å². The Morgan fingerprint density at radius 1 is 0.909 bits per heavy atom. The SMILES string of the molecule is CC.CCCCCCCCCc1cc(=O)c2ccccc2[nH]1. The highest BCUT2D eigenvalue weighted by Gasteiger charge is 2.01. The molecule has 2 nitrogen and oxygen atoms in total. The first-order valence-electron chi connectivity index (χ1n) is 8.92. The van der Waals surface area contributed by atoms with Crippen LogP contribution >= 0.6 is 0 Å². The van der Waals surface area contributed by atoms with Gasteiger partial charge >= 0.3 is 0 Å². The normalized spacial score (nSPS) is 10.3. The number of fused-ring (bicyclic) bond motifs is 1. The Kier molecular flexibility index (Phi) is 9.29. The standard InChI is InChI=1S/C18H25NO.C2H6/c1-2-3-4-5-6-7-8-11-15-14-18(20)16-12-9-10-13-17(16)19-15;1-2/h9-10,12-14H,2-8,11H2,1H3,(H,19,20);1-2H3. The zero-order valence-electron chi connectivity index (χ0n) is 14.5. The molecule has 0 saturated heterocycles. The maximum absolute atomic E-state index is 12.0. The van der Waals surface area contributed by atoms with Gasteiger partial charge in [-0.15, -0.1) is 0 Å². The quantitative estimate of drug-likeness (QED) is 0.610. The molecule has 1 aromatic carbocycles. The first kappa shape index (κ1) is 18.5. The maximum Gasteiger partial charge on any atom is 0.189 e. The van der Waals surface area contributed by atoms with Crippen LogP contribution in [-0.4, -0.2) is 4.98 Å². The lowest BCUT2D eigenvalue weighted by molar-refractivity contribution is 0.587. The zero-order chi connectivity index (χ0) is 16.2. The van der Waals surface area contributed by atoms with Crippen LogP contribution < -0.4 is 5.43 Å². The van der Waals surface area contributed by atoms with Crippen LogP contribution in [0.3, 0.4) is 0 Å². The fourth-order valence-electron chi connectivity index (χ4n) is 2.66. The summed E-state index contributed by atoms with van der Waals surface area (Å²) >= 11 is 0. The van der Waals surface area contributed by atoms with E-state index in [4.69, 9.17) is 0 Å². The fourth-order valence-corrected chi connectivity index (χ4v) is 2.66. The minimum atomic E-state index is 0.136. The molecule has 0 atom stereocenters. The summed E-state index contributed by atoms with van der Waals surface area (Å²) in [6, 6.07) is 9.50. The van der Waals surface area contributed by atoms with Crippen molar-refractivity contribution in [2.24, 2.45) is 0 Å². The molecule has 2 aromatic rings. The van der Waals surface area contributed by atoms with Gasteiger partial charge in [-0.3, -0.25) is 4.79 Å². The molecular formula is C20H31NO. The third-order valence-electron chi connectivity index (χ3n) is 3.84. The molecule has 0 aliphatic rings. The Hall–Kier alpha value is -1.57. The number of para-hydroxylation sites is 1. The van der Waals surface area contributed by atoms with Gasteiger partial charge in [0.25, 0.3) is 0 Å². The van der Waals surface area contributed by atoms with E-state index in [2.05, 4.69) is 11.9 Å². The van der Waals surface area contributed by atoms with E-state index in [0.717, 1.165) is 23.0 Å². The lowest BCUT2D eigenvalue weighted by atomic mass is 10.1. The summed E-state index contributed by atoms with van der Waals surface area (Å²) in [7, 11) is 0. The van der Waals surface area contributed by atoms with Gasteiger partial charge in [0.15, 0.2) is 5.43 Å². The number of aryl methyl sites for hydroxylation is 1. The Balaban J connectivity index is 0.00000116. The van der Waals surface area contributed by atoms with Gasteiger partial charge in [0.2, 0.25) is 0 Å². The molecule has 0 saturated carbocycles. The number of aromatic nitrogens is 1. The summed E-state index contributed by atoms with van der Waals surface area (Å²) < 4.78 is 0. The molecule has 0 spiro atoms. The third kappa shape index (κ3) is 6.05. The topological polar surface area (TPSA) is 32.9 Å². The van der Waals surface area contributed by atoms with Gasteiger partial charge < -0.3 is 4.98 Å². The van der Waals surface area contributed by atoms with E-state index in [0.29, 0.717) is 0 Å². The number of benzene rings is 1. The molecule has 22 heavy (non-hydrogen) atoms. The van der Waals surface area contributed by atoms with E-state index < -0.39 is 0 Å². The molecule has 1 N–H and O–H groups in total. The average Bonchev–Trinajstić information content (AvgIpc) is 2.56. The average molecular weight is 301 g/mol. The van der Waals surface area contributed by atoms with Gasteiger partial charge in [0.05, 0.1) is 0 Å². The lowest BCUT2D eigenvalue weighted by Gasteiger charge is -2.04. The number of hydrogen-bond donors (Lipinski definition) is 1. The minimum absolute atomic E-state index is 0.136. The number of pyridine rings is 1. The monoisotopic (exact) mass is 301 g/mol. The van der Waals surface area contributed by atoms with Gasteiger partial charge in [0.1, 0.15) is 0 Å². The summed E-state index contributed by atoms with van der Waals surface area (Å²) in [6.45, 7) is 6.25. The second-order valence-electron chi connectivity index (χ2n) is 5.58. The molecule has 0 aliphatic heterocycles. The molecular weight excluding hydrogens is 270 g/mol. The number of unbranched alkanes of at least 4 members (excludes halogenated alkanes) is 6. The van der Waals surface area contributed by atoms with E-state index >= 15 is 0 Å². The Bertz CT molecular complexity index is 586. The van der Waals surface area contributed by atoms with E-state index in [-0.39, 0.29) is 5.43 Å². The molecule has 2 heteroatoms. The highest BCUT2D eigenvalue weighted by atomic mass is 16.1. The molecule has 0 radical (unpaired) electrons. The second kappa shape index (κ2) is 11.1. The van der Waals surface area contributed by atoms with Gasteiger partial charge in [-0.1, -0.05) is 71.4 Å². The highest BCUT2D eigenvalue weighted by Crippen LogP contribution is 2.11. The summed E-state index contributed by atoms with van der Waals surface area (Å²) in [5.41, 5.74) is 2.16. The smallest absolute Gasteiger partial charge is 0.189 e. The van der Waals surface area contributed by atoms with Crippen LogP contribution in [-0.2, 0) is 6.42 Å². The van der Waals surface area contributed by atoms with Crippen molar-refractivity contribution < 1.29 is 0 Å². The second-order valence-corrected chi connectivity index (χ2v) is 5.58. The third-order valence-corrected chi connectivity index (χ3v) is 3.84. The molecule has 1 aromatic heterocycles. The van der Waals surface area contributed by atoms with E-state index in [9.17, 15) is 4.79 Å². The van der Waals surface area contributed by atoms with Crippen molar-refractivity contribution in [1.29, 1.82) is 0 Å². The minimum Gasteiger partial charge on any atom is -0.358 e. The van der Waals surface area contributed by atoms with Crippen LogP contribution in [0, 0.1) is 0 Å². The van der Waals surface area contributed by atoms with Crippen molar-refractivity contribution in [2.75, 3.05) is 0 Å². The largest absolute Gasteiger partial charge is 0.358 e. The maximum atomic E-state index is 12.0. The van der Waals surface area contributed by atoms with Gasteiger partial charge in [-0.2, -0.15) is 0 Å². The summed E-state index contributed by atoms with van der Waals surface area (Å²) in [4.78, 5) is 15.4. The van der Waals surface area contributed by atoms with Crippen molar-refractivity contribution in [3.63, 3.8) is 0 Å². The molecule has 2 rings (SSSR count). The van der Waals surface area contributed by atoms with Crippen LogP contribution in [0.5, 0.6) is 0 Å². The van der Waals surface area contributed by atoms with Crippen molar-refractivity contribution in [2.45, 2.75) is 72.1 Å². The number of hydrogen-bond acceptors (Lipinski definition) is 1. The number of H-pyrrole nitrogens is 1. The van der Waals surface area contributed by atoms with Crippen LogP contribution in [0.15, 0.2) is 35.1 Å². The first-order valence-corrected chi connectivity index (χ1v) is 8.92. The van der Waals surface area contributed by atoms with Crippen LogP contribution in [0.4, 0.5) is 0 Å². The summed E-state index contributed by atoms with van der Waals surface area (Å²) in [5, 5.41) is 0.788. The molecule has 1 heterocycles. The van der Waals surface area contributed by atoms with Crippen molar-refractivity contribution in [1.82, 2.24) is 4.98 Å². The molecule has 0 aliphatic carbocycles. The molecule has 0 bridgehead atoms. The lowest BCUT2D eigenvalue weighted by Crippen LogP contribution is -2.05. The highest BCUT2D eigenvalue weighted by molar-refractivity contribution is 5.78. The van der Waals surface area contributed by atoms with E-state index in [1.54, 1.807) is 6.07 Å². The van der Waals surface area contributed by atoms with E-state index in [1.165, 1.54) is 44.9 Å². The summed E-state index contributed by atoms with van der Waals surface area (Å²) in [5.74, 6) is 0. The van der Waals surface area contributed by atoms with Crippen molar-refractivity contribution in [3.05, 3.63) is 46.2 Å². The summed E-state index contributed by atoms with van der Waals surface area (Å²) in [6.07, 6.45) is 10.1. The Morgan fingerprint density at radius 3 is 2.27 bits per heavy atom. The number of aromatic amines is 1. The predicted octanol–water partition coefficient (Wildman–Crippen LogP) is 5.85. The van der Waals surface area contributed by atoms with Crippen LogP contribution in [0.2, 0.25) is 0 Å². The van der Waals surface area contributed by atoms with Gasteiger partial charge in [0, 0.05) is 22.7 Å². The van der Waals surface area contributed by atoms with Crippen LogP contribution in [0.25, 0.3) is 10.9 Å². The Labute approximate surface area is 135 Å². The van der Waals surface area contributed by atoms with E-state index in [1.807, 2.05) is 38.1 Å². The molecule has 0 unspecified atom stereocenters. The Morgan fingerprint density at radius 2 is 1.55 bits per heavy atom. The molecule has 122 valence electrons. The predicted molar refractivity (Wildman–Crippen MR) is 97.6 cm³/mol. The fraction of sp³-hybridized carbons (Fsp3) is 0.550. The molecule has 0 amide bonds. The van der Waals surface area contributed by atoms with Crippen LogP contribution in [0.1, 0.15) is 71.4 Å². The van der Waals surface area contributed by atoms with Crippen molar-refractivity contribution in [3.8, 4) is 0 Å². The number of nitrogens with one attached hydrogen (secondary N) is 1. The number of rotatable bonds is 8.